The first-order valence-corrected chi connectivity index (χ1v) is 11.7. The summed E-state index contributed by atoms with van der Waals surface area (Å²) in [4.78, 5) is 0. The molecule has 7 rings (SSSR count). The average Bonchev–Trinajstić information content (AvgIpc) is 3.10. The van der Waals surface area contributed by atoms with Gasteiger partial charge in [0.1, 0.15) is 0 Å². The van der Waals surface area contributed by atoms with Crippen molar-refractivity contribution >= 4 is 0 Å². The summed E-state index contributed by atoms with van der Waals surface area (Å²) in [6.45, 7) is 4.41. The highest BCUT2D eigenvalue weighted by atomic mass is 14.5. The third-order valence-corrected chi connectivity index (χ3v) is 7.62. The fourth-order valence-corrected chi connectivity index (χ4v) is 6.33. The second-order valence-corrected chi connectivity index (χ2v) is 9.48. The Balaban J connectivity index is 1.78. The van der Waals surface area contributed by atoms with Crippen LogP contribution in [0.3, 0.4) is 0 Å². The van der Waals surface area contributed by atoms with Crippen LogP contribution in [0.5, 0.6) is 0 Å². The van der Waals surface area contributed by atoms with Gasteiger partial charge in [0.2, 0.25) is 0 Å². The lowest BCUT2D eigenvalue weighted by Gasteiger charge is -2.35. The van der Waals surface area contributed by atoms with Crippen LogP contribution in [0.25, 0.3) is 33.4 Å². The van der Waals surface area contributed by atoms with E-state index < -0.39 is 0 Å². The lowest BCUT2D eigenvalue weighted by Crippen LogP contribution is -2.29. The van der Waals surface area contributed by atoms with Crippen molar-refractivity contribution in [3.05, 3.63) is 143 Å². The molecule has 0 fully saturated rings. The Morgan fingerprint density at radius 3 is 1.18 bits per heavy atom. The highest BCUT2D eigenvalue weighted by molar-refractivity contribution is 5.97. The SMILES string of the molecule is Cc1ccc2c(c1)-c1ccccc1-c1cc(C)ccc1C21c2ccccc2-c2ccccc21. The van der Waals surface area contributed by atoms with Crippen LogP contribution in [0.15, 0.2) is 109 Å². The lowest BCUT2D eigenvalue weighted by molar-refractivity contribution is 0.774. The van der Waals surface area contributed by atoms with E-state index in [1.54, 1.807) is 0 Å². The molecule has 2 aliphatic carbocycles. The van der Waals surface area contributed by atoms with Gasteiger partial charge in [0, 0.05) is 0 Å². The summed E-state index contributed by atoms with van der Waals surface area (Å²) in [5, 5.41) is 0. The fourth-order valence-electron chi connectivity index (χ4n) is 6.33. The summed E-state index contributed by atoms with van der Waals surface area (Å²) >= 11 is 0. The molecular weight excluding hydrogens is 396 g/mol. The average molecular weight is 421 g/mol. The summed E-state index contributed by atoms with van der Waals surface area (Å²) in [7, 11) is 0. The Morgan fingerprint density at radius 2 is 0.727 bits per heavy atom. The van der Waals surface area contributed by atoms with E-state index >= 15 is 0 Å². The predicted octanol–water partition coefficient (Wildman–Crippen LogP) is 8.31. The number of rotatable bonds is 0. The topological polar surface area (TPSA) is 0 Å². The highest BCUT2D eigenvalue weighted by Crippen LogP contribution is 2.61. The van der Waals surface area contributed by atoms with Crippen LogP contribution >= 0.6 is 0 Å². The zero-order valence-corrected chi connectivity index (χ0v) is 18.9. The Morgan fingerprint density at radius 1 is 0.364 bits per heavy atom. The van der Waals surface area contributed by atoms with E-state index in [1.165, 1.54) is 66.8 Å². The first-order valence-electron chi connectivity index (χ1n) is 11.7. The molecule has 33 heavy (non-hydrogen) atoms. The van der Waals surface area contributed by atoms with E-state index in [0.717, 1.165) is 0 Å². The van der Waals surface area contributed by atoms with Gasteiger partial charge in [-0.05, 0) is 69.5 Å². The summed E-state index contributed by atoms with van der Waals surface area (Å²) in [5.74, 6) is 0. The quantitative estimate of drug-likeness (QED) is 0.231. The molecular formula is C33H24. The van der Waals surface area contributed by atoms with Crippen LogP contribution in [0.2, 0.25) is 0 Å². The van der Waals surface area contributed by atoms with Gasteiger partial charge in [-0.25, -0.2) is 0 Å². The van der Waals surface area contributed by atoms with Crippen molar-refractivity contribution in [3.8, 4) is 33.4 Å². The van der Waals surface area contributed by atoms with Gasteiger partial charge in [0.05, 0.1) is 5.41 Å². The van der Waals surface area contributed by atoms with Crippen molar-refractivity contribution in [1.29, 1.82) is 0 Å². The van der Waals surface area contributed by atoms with Crippen molar-refractivity contribution in [1.82, 2.24) is 0 Å². The molecule has 0 unspecified atom stereocenters. The molecule has 0 aliphatic heterocycles. The third-order valence-electron chi connectivity index (χ3n) is 7.62. The van der Waals surface area contributed by atoms with Crippen molar-refractivity contribution in [2.45, 2.75) is 19.3 Å². The third kappa shape index (κ3) is 2.31. The van der Waals surface area contributed by atoms with E-state index in [4.69, 9.17) is 0 Å². The first kappa shape index (κ1) is 18.7. The maximum absolute atomic E-state index is 2.39. The zero-order chi connectivity index (χ0) is 22.2. The number of hydrogen-bond acceptors (Lipinski definition) is 0. The van der Waals surface area contributed by atoms with Crippen LogP contribution in [0.1, 0.15) is 33.4 Å². The number of fused-ring (bicyclic) bond motifs is 12. The van der Waals surface area contributed by atoms with Crippen LogP contribution in [0.4, 0.5) is 0 Å². The van der Waals surface area contributed by atoms with Crippen LogP contribution in [-0.4, -0.2) is 0 Å². The normalized spacial score (nSPS) is 14.0. The molecule has 5 aromatic rings. The molecule has 0 aromatic heterocycles. The maximum atomic E-state index is 2.39. The molecule has 5 aromatic carbocycles. The van der Waals surface area contributed by atoms with Crippen LogP contribution < -0.4 is 0 Å². The number of hydrogen-bond donors (Lipinski definition) is 0. The molecule has 0 heterocycles. The van der Waals surface area contributed by atoms with Gasteiger partial charge in [-0.2, -0.15) is 0 Å². The fraction of sp³-hybridized carbons (Fsp3) is 0.0909. The van der Waals surface area contributed by atoms with E-state index in [2.05, 4.69) is 123 Å². The smallest absolute Gasteiger partial charge is 0.0619 e. The van der Waals surface area contributed by atoms with Gasteiger partial charge >= 0.3 is 0 Å². The van der Waals surface area contributed by atoms with E-state index in [-0.39, 0.29) is 5.41 Å². The van der Waals surface area contributed by atoms with Crippen molar-refractivity contribution in [2.24, 2.45) is 0 Å². The second-order valence-electron chi connectivity index (χ2n) is 9.48. The van der Waals surface area contributed by atoms with E-state index in [1.807, 2.05) is 0 Å². The van der Waals surface area contributed by atoms with E-state index in [0.29, 0.717) is 0 Å². The zero-order valence-electron chi connectivity index (χ0n) is 18.9. The summed E-state index contributed by atoms with van der Waals surface area (Å²) in [5.41, 5.74) is 15.8. The Hall–Kier alpha value is -3.90. The standard InChI is InChI=1S/C33H24/c1-21-15-17-31-27(19-21)23-9-3-4-10-24(23)28-20-22(2)16-18-32(28)33(31)29-13-7-5-11-25(29)26-12-6-8-14-30(26)33/h3-20H,1-2H3. The largest absolute Gasteiger partial charge is 0.0725 e. The monoisotopic (exact) mass is 420 g/mol. The highest BCUT2D eigenvalue weighted by Gasteiger charge is 2.49. The maximum Gasteiger partial charge on any atom is 0.0725 e. The van der Waals surface area contributed by atoms with Gasteiger partial charge in [-0.3, -0.25) is 0 Å². The molecule has 0 N–H and O–H groups in total. The van der Waals surface area contributed by atoms with Crippen molar-refractivity contribution in [2.75, 3.05) is 0 Å². The molecule has 0 nitrogen and oxygen atoms in total. The number of aryl methyl sites for hydroxylation is 2. The molecule has 0 amide bonds. The minimum Gasteiger partial charge on any atom is -0.0619 e. The lowest BCUT2D eigenvalue weighted by atomic mass is 9.65. The molecule has 0 saturated carbocycles. The Labute approximate surface area is 195 Å². The Bertz CT molecular complexity index is 1460. The predicted molar refractivity (Wildman–Crippen MR) is 138 cm³/mol. The molecule has 0 atom stereocenters. The molecule has 0 radical (unpaired) electrons. The van der Waals surface area contributed by atoms with Gasteiger partial charge in [-0.1, -0.05) is 120 Å². The Kier molecular flexibility index (Phi) is 3.71. The summed E-state index contributed by atoms with van der Waals surface area (Å²) in [6.07, 6.45) is 0. The van der Waals surface area contributed by atoms with Gasteiger partial charge in [0.25, 0.3) is 0 Å². The van der Waals surface area contributed by atoms with Gasteiger partial charge in [0.15, 0.2) is 0 Å². The van der Waals surface area contributed by atoms with Crippen molar-refractivity contribution < 1.29 is 0 Å². The van der Waals surface area contributed by atoms with Crippen LogP contribution in [0, 0.1) is 13.8 Å². The van der Waals surface area contributed by atoms with Gasteiger partial charge in [-0.15, -0.1) is 0 Å². The molecule has 156 valence electrons. The number of benzene rings is 5. The summed E-state index contributed by atoms with van der Waals surface area (Å²) in [6, 6.07) is 41.1. The minimum atomic E-state index is -0.349. The molecule has 1 spiro atoms. The summed E-state index contributed by atoms with van der Waals surface area (Å²) < 4.78 is 0. The molecule has 0 bridgehead atoms. The molecule has 0 heteroatoms. The molecule has 0 saturated heterocycles. The minimum absolute atomic E-state index is 0.349. The van der Waals surface area contributed by atoms with Crippen molar-refractivity contribution in [3.63, 3.8) is 0 Å². The second kappa shape index (κ2) is 6.56. The van der Waals surface area contributed by atoms with Crippen LogP contribution in [-0.2, 0) is 5.41 Å². The van der Waals surface area contributed by atoms with E-state index in [9.17, 15) is 0 Å². The van der Waals surface area contributed by atoms with Gasteiger partial charge < -0.3 is 0 Å². The first-order chi connectivity index (χ1) is 16.2. The molecule has 2 aliphatic rings.